The van der Waals surface area contributed by atoms with E-state index in [-0.39, 0.29) is 11.8 Å². The van der Waals surface area contributed by atoms with Crippen molar-refractivity contribution in [2.75, 3.05) is 11.6 Å². The summed E-state index contributed by atoms with van der Waals surface area (Å²) in [4.78, 5) is 0. The lowest BCUT2D eigenvalue weighted by Gasteiger charge is -2.22. The van der Waals surface area contributed by atoms with Gasteiger partial charge in [0.15, 0.2) is 0 Å². The summed E-state index contributed by atoms with van der Waals surface area (Å²) in [6.45, 7) is 6.09. The van der Waals surface area contributed by atoms with E-state index < -0.39 is 10.0 Å². The van der Waals surface area contributed by atoms with Gasteiger partial charge >= 0.3 is 0 Å². The number of halogens is 1. The topological polar surface area (TPSA) is 46.2 Å². The van der Waals surface area contributed by atoms with Crippen molar-refractivity contribution in [1.29, 1.82) is 0 Å². The Hall–Kier alpha value is 0.200. The first-order valence-corrected chi connectivity index (χ1v) is 7.71. The molecule has 1 N–H and O–H groups in total. The van der Waals surface area contributed by atoms with Crippen LogP contribution in [0.3, 0.4) is 0 Å². The summed E-state index contributed by atoms with van der Waals surface area (Å²) in [6, 6.07) is 0.0142. The molecule has 15 heavy (non-hydrogen) atoms. The van der Waals surface area contributed by atoms with Crippen molar-refractivity contribution in [3.05, 3.63) is 0 Å². The van der Waals surface area contributed by atoms with Gasteiger partial charge in [-0.3, -0.25) is 0 Å². The second-order valence-corrected chi connectivity index (χ2v) is 6.10. The van der Waals surface area contributed by atoms with Crippen molar-refractivity contribution in [3.63, 3.8) is 0 Å². The molecule has 0 bridgehead atoms. The lowest BCUT2D eigenvalue weighted by molar-refractivity contribution is 0.390. The summed E-state index contributed by atoms with van der Waals surface area (Å²) in [5.74, 6) is 0.928. The average Bonchev–Trinajstić information content (AvgIpc) is 2.16. The highest BCUT2D eigenvalue weighted by molar-refractivity contribution is 7.89. The summed E-state index contributed by atoms with van der Waals surface area (Å²) >= 11 is 5.47. The van der Waals surface area contributed by atoms with Crippen molar-refractivity contribution in [1.82, 2.24) is 4.72 Å². The van der Waals surface area contributed by atoms with Gasteiger partial charge in [0.05, 0.1) is 5.75 Å². The van der Waals surface area contributed by atoms with E-state index in [4.69, 9.17) is 11.6 Å². The zero-order chi connectivity index (χ0) is 11.9. The van der Waals surface area contributed by atoms with Crippen LogP contribution in [0.1, 0.15) is 40.0 Å². The SMILES string of the molecule is CCC(CC)C(C)NS(=O)(=O)CCCCl. The highest BCUT2D eigenvalue weighted by atomic mass is 35.5. The van der Waals surface area contributed by atoms with E-state index in [2.05, 4.69) is 18.6 Å². The molecule has 3 nitrogen and oxygen atoms in total. The van der Waals surface area contributed by atoms with Crippen LogP contribution in [0, 0.1) is 5.92 Å². The minimum absolute atomic E-state index is 0.0142. The van der Waals surface area contributed by atoms with E-state index in [1.54, 1.807) is 0 Å². The maximum atomic E-state index is 11.6. The number of alkyl halides is 1. The van der Waals surface area contributed by atoms with Gasteiger partial charge in [-0.2, -0.15) is 0 Å². The van der Waals surface area contributed by atoms with Crippen LogP contribution in [-0.2, 0) is 10.0 Å². The van der Waals surface area contributed by atoms with Gasteiger partial charge in [0, 0.05) is 11.9 Å². The predicted octanol–water partition coefficient (Wildman–Crippen LogP) is 2.36. The van der Waals surface area contributed by atoms with E-state index >= 15 is 0 Å². The van der Waals surface area contributed by atoms with Crippen molar-refractivity contribution in [3.8, 4) is 0 Å². The molecule has 0 amide bonds. The van der Waals surface area contributed by atoms with Crippen LogP contribution >= 0.6 is 11.6 Å². The van der Waals surface area contributed by atoms with Gasteiger partial charge in [-0.15, -0.1) is 11.6 Å². The maximum absolute atomic E-state index is 11.6. The second kappa shape index (κ2) is 7.47. The summed E-state index contributed by atoms with van der Waals surface area (Å²) in [5.41, 5.74) is 0. The Labute approximate surface area is 98.6 Å². The maximum Gasteiger partial charge on any atom is 0.211 e. The van der Waals surface area contributed by atoms with E-state index in [0.717, 1.165) is 12.8 Å². The van der Waals surface area contributed by atoms with E-state index in [1.807, 2.05) is 6.92 Å². The highest BCUT2D eigenvalue weighted by Crippen LogP contribution is 2.13. The Bertz CT molecular complexity index is 250. The molecule has 0 fully saturated rings. The van der Waals surface area contributed by atoms with Crippen LogP contribution in [0.4, 0.5) is 0 Å². The monoisotopic (exact) mass is 255 g/mol. The third-order valence-corrected chi connectivity index (χ3v) is 4.49. The Balaban J connectivity index is 4.19. The summed E-state index contributed by atoms with van der Waals surface area (Å²) < 4.78 is 25.8. The molecule has 0 spiro atoms. The fourth-order valence-corrected chi connectivity index (χ4v) is 3.37. The van der Waals surface area contributed by atoms with Crippen LogP contribution in [0.25, 0.3) is 0 Å². The van der Waals surface area contributed by atoms with Gasteiger partial charge in [-0.05, 0) is 19.3 Å². The van der Waals surface area contributed by atoms with E-state index in [1.165, 1.54) is 0 Å². The third-order valence-electron chi connectivity index (χ3n) is 2.67. The molecule has 0 aromatic rings. The molecule has 0 aromatic heterocycles. The standard InChI is InChI=1S/C10H22ClNO2S/c1-4-10(5-2)9(3)12-15(13,14)8-6-7-11/h9-10,12H,4-8H2,1-3H3. The molecule has 5 heteroatoms. The average molecular weight is 256 g/mol. The molecule has 0 saturated carbocycles. The zero-order valence-electron chi connectivity index (χ0n) is 9.79. The quantitative estimate of drug-likeness (QED) is 0.677. The lowest BCUT2D eigenvalue weighted by atomic mass is 9.96. The fraction of sp³-hybridized carbons (Fsp3) is 1.00. The predicted molar refractivity (Wildman–Crippen MR) is 65.8 cm³/mol. The zero-order valence-corrected chi connectivity index (χ0v) is 11.4. The number of hydrogen-bond acceptors (Lipinski definition) is 2. The number of rotatable bonds is 8. The first kappa shape index (κ1) is 15.2. The minimum atomic E-state index is -3.14. The van der Waals surface area contributed by atoms with E-state index in [9.17, 15) is 8.42 Å². The van der Waals surface area contributed by atoms with Crippen molar-refractivity contribution >= 4 is 21.6 Å². The highest BCUT2D eigenvalue weighted by Gasteiger charge is 2.19. The fourth-order valence-electron chi connectivity index (χ4n) is 1.68. The van der Waals surface area contributed by atoms with Crippen LogP contribution < -0.4 is 4.72 Å². The number of hydrogen-bond donors (Lipinski definition) is 1. The van der Waals surface area contributed by atoms with Gasteiger partial charge in [-0.25, -0.2) is 13.1 Å². The van der Waals surface area contributed by atoms with Crippen molar-refractivity contribution in [2.24, 2.45) is 5.92 Å². The molecular formula is C10H22ClNO2S. The summed E-state index contributed by atoms with van der Waals surface area (Å²) in [6.07, 6.45) is 2.50. The third kappa shape index (κ3) is 6.38. The van der Waals surface area contributed by atoms with Crippen LogP contribution in [0.2, 0.25) is 0 Å². The molecule has 0 radical (unpaired) electrons. The first-order chi connectivity index (χ1) is 6.96. The normalized spacial score (nSPS) is 14.5. The molecule has 92 valence electrons. The molecule has 0 aliphatic carbocycles. The Morgan fingerprint density at radius 3 is 2.20 bits per heavy atom. The molecule has 1 atom stereocenters. The smallest absolute Gasteiger partial charge is 0.211 e. The van der Waals surface area contributed by atoms with Crippen molar-refractivity contribution < 1.29 is 8.42 Å². The Morgan fingerprint density at radius 1 is 1.27 bits per heavy atom. The molecule has 0 saturated heterocycles. The molecule has 0 heterocycles. The molecule has 1 unspecified atom stereocenters. The van der Waals surface area contributed by atoms with Gasteiger partial charge in [0.2, 0.25) is 10.0 Å². The first-order valence-electron chi connectivity index (χ1n) is 5.52. The largest absolute Gasteiger partial charge is 0.212 e. The molecule has 0 aliphatic heterocycles. The van der Waals surface area contributed by atoms with Crippen molar-refractivity contribution in [2.45, 2.75) is 46.1 Å². The summed E-state index contributed by atoms with van der Waals surface area (Å²) in [7, 11) is -3.14. The van der Waals surface area contributed by atoms with Gasteiger partial charge < -0.3 is 0 Å². The van der Waals surface area contributed by atoms with Crippen LogP contribution in [0.5, 0.6) is 0 Å². The van der Waals surface area contributed by atoms with Crippen LogP contribution in [-0.4, -0.2) is 26.1 Å². The van der Waals surface area contributed by atoms with Gasteiger partial charge in [0.1, 0.15) is 0 Å². The molecule has 0 aromatic carbocycles. The molecular weight excluding hydrogens is 234 g/mol. The number of nitrogens with one attached hydrogen (secondary N) is 1. The van der Waals surface area contributed by atoms with Gasteiger partial charge in [-0.1, -0.05) is 26.7 Å². The lowest BCUT2D eigenvalue weighted by Crippen LogP contribution is -2.39. The molecule has 0 rings (SSSR count). The molecule has 0 aliphatic rings. The van der Waals surface area contributed by atoms with E-state index in [0.29, 0.717) is 18.2 Å². The van der Waals surface area contributed by atoms with Crippen LogP contribution in [0.15, 0.2) is 0 Å². The number of sulfonamides is 1. The minimum Gasteiger partial charge on any atom is -0.212 e. The Morgan fingerprint density at radius 2 is 1.80 bits per heavy atom. The summed E-state index contributed by atoms with van der Waals surface area (Å²) in [5, 5.41) is 0. The Kier molecular flexibility index (Phi) is 7.57. The second-order valence-electron chi connectivity index (χ2n) is 3.84. The van der Waals surface area contributed by atoms with Gasteiger partial charge in [0.25, 0.3) is 0 Å².